The summed E-state index contributed by atoms with van der Waals surface area (Å²) in [7, 11) is 0. The molecule has 0 aliphatic rings. The number of hydrogen-bond acceptors (Lipinski definition) is 3. The number of ether oxygens (including phenoxy) is 1. The van der Waals surface area contributed by atoms with Gasteiger partial charge >= 0.3 is 0 Å². The number of aryl methyl sites for hydroxylation is 2. The van der Waals surface area contributed by atoms with Gasteiger partial charge in [0.25, 0.3) is 0 Å². The molecule has 0 amide bonds. The average Bonchev–Trinajstić information content (AvgIpc) is 2.89. The molecule has 0 aliphatic heterocycles. The molecule has 0 unspecified atom stereocenters. The second-order valence-electron chi connectivity index (χ2n) is 5.37. The van der Waals surface area contributed by atoms with Crippen molar-refractivity contribution in [2.75, 3.05) is 0 Å². The molecule has 0 radical (unpaired) electrons. The summed E-state index contributed by atoms with van der Waals surface area (Å²) < 4.78 is 7.66. The van der Waals surface area contributed by atoms with E-state index >= 15 is 0 Å². The molecule has 0 bridgehead atoms. The van der Waals surface area contributed by atoms with E-state index < -0.39 is 0 Å². The Bertz CT molecular complexity index is 860. The van der Waals surface area contributed by atoms with E-state index in [1.54, 1.807) is 4.68 Å². The summed E-state index contributed by atoms with van der Waals surface area (Å²) in [6, 6.07) is 19.9. The molecule has 4 heteroatoms. The van der Waals surface area contributed by atoms with Crippen molar-refractivity contribution < 1.29 is 4.74 Å². The van der Waals surface area contributed by atoms with Gasteiger partial charge in [0.1, 0.15) is 24.0 Å². The fourth-order valence-corrected chi connectivity index (χ4v) is 2.49. The van der Waals surface area contributed by atoms with E-state index in [0.29, 0.717) is 17.9 Å². The van der Waals surface area contributed by atoms with Crippen molar-refractivity contribution in [2.24, 2.45) is 0 Å². The second-order valence-corrected chi connectivity index (χ2v) is 5.37. The van der Waals surface area contributed by atoms with Crippen molar-refractivity contribution in [1.29, 1.82) is 5.26 Å². The Morgan fingerprint density at radius 3 is 2.57 bits per heavy atom. The first kappa shape index (κ1) is 14.9. The molecular formula is C19H17N3O. The van der Waals surface area contributed by atoms with Crippen LogP contribution in [0.1, 0.15) is 22.5 Å². The Hall–Kier alpha value is -3.06. The zero-order valence-electron chi connectivity index (χ0n) is 13.2. The standard InChI is InChI=1S/C19H17N3O/c1-14-7-6-10-17(11-14)23-13-19-18(12-20)15(2)21-22(19)16-8-4-3-5-9-16/h3-11H,13H2,1-2H3. The van der Waals surface area contributed by atoms with Crippen molar-refractivity contribution in [3.05, 3.63) is 77.1 Å². The van der Waals surface area contributed by atoms with Crippen LogP contribution in [0.3, 0.4) is 0 Å². The van der Waals surface area contributed by atoms with Gasteiger partial charge in [-0.25, -0.2) is 4.68 Å². The molecule has 0 saturated heterocycles. The van der Waals surface area contributed by atoms with Crippen LogP contribution in [-0.4, -0.2) is 9.78 Å². The molecule has 0 N–H and O–H groups in total. The Labute approximate surface area is 135 Å². The summed E-state index contributed by atoms with van der Waals surface area (Å²) in [5.41, 5.74) is 4.09. The van der Waals surface area contributed by atoms with E-state index in [4.69, 9.17) is 4.74 Å². The van der Waals surface area contributed by atoms with Crippen LogP contribution >= 0.6 is 0 Å². The summed E-state index contributed by atoms with van der Waals surface area (Å²) in [6.07, 6.45) is 0. The Kier molecular flexibility index (Phi) is 4.11. The SMILES string of the molecule is Cc1cccc(OCc2c(C#N)c(C)nn2-c2ccccc2)c1. The molecule has 114 valence electrons. The van der Waals surface area contributed by atoms with E-state index in [1.807, 2.05) is 68.4 Å². The van der Waals surface area contributed by atoms with Crippen molar-refractivity contribution in [3.63, 3.8) is 0 Å². The van der Waals surface area contributed by atoms with Crippen LogP contribution in [0.25, 0.3) is 5.69 Å². The van der Waals surface area contributed by atoms with E-state index in [-0.39, 0.29) is 0 Å². The van der Waals surface area contributed by atoms with Gasteiger partial charge in [-0.2, -0.15) is 10.4 Å². The van der Waals surface area contributed by atoms with Gasteiger partial charge in [0.05, 0.1) is 17.1 Å². The molecule has 0 spiro atoms. The minimum absolute atomic E-state index is 0.294. The first-order valence-electron chi connectivity index (χ1n) is 7.42. The molecule has 0 atom stereocenters. The van der Waals surface area contributed by atoms with Crippen molar-refractivity contribution >= 4 is 0 Å². The van der Waals surface area contributed by atoms with Crippen molar-refractivity contribution in [1.82, 2.24) is 9.78 Å². The predicted octanol–water partition coefficient (Wildman–Crippen LogP) is 3.94. The fraction of sp³-hybridized carbons (Fsp3) is 0.158. The van der Waals surface area contributed by atoms with Crippen LogP contribution in [0.5, 0.6) is 5.75 Å². The Morgan fingerprint density at radius 2 is 1.87 bits per heavy atom. The minimum Gasteiger partial charge on any atom is -0.487 e. The Morgan fingerprint density at radius 1 is 1.09 bits per heavy atom. The van der Waals surface area contributed by atoms with Gasteiger partial charge in [-0.3, -0.25) is 0 Å². The van der Waals surface area contributed by atoms with Gasteiger partial charge in [-0.1, -0.05) is 30.3 Å². The third kappa shape index (κ3) is 3.09. The topological polar surface area (TPSA) is 50.8 Å². The highest BCUT2D eigenvalue weighted by molar-refractivity contribution is 5.43. The number of rotatable bonds is 4. The molecule has 23 heavy (non-hydrogen) atoms. The van der Waals surface area contributed by atoms with Gasteiger partial charge in [0.15, 0.2) is 0 Å². The maximum absolute atomic E-state index is 9.44. The fourth-order valence-electron chi connectivity index (χ4n) is 2.49. The molecule has 0 saturated carbocycles. The summed E-state index contributed by atoms with van der Waals surface area (Å²) in [5.74, 6) is 0.785. The molecule has 3 rings (SSSR count). The van der Waals surface area contributed by atoms with E-state index in [2.05, 4.69) is 11.2 Å². The van der Waals surface area contributed by atoms with E-state index in [9.17, 15) is 5.26 Å². The summed E-state index contributed by atoms with van der Waals surface area (Å²) in [6.45, 7) is 4.15. The van der Waals surface area contributed by atoms with Crippen molar-refractivity contribution in [3.8, 4) is 17.5 Å². The highest BCUT2D eigenvalue weighted by atomic mass is 16.5. The predicted molar refractivity (Wildman–Crippen MR) is 88.5 cm³/mol. The molecular weight excluding hydrogens is 286 g/mol. The van der Waals surface area contributed by atoms with Crippen LogP contribution < -0.4 is 4.74 Å². The molecule has 1 aromatic heterocycles. The van der Waals surface area contributed by atoms with Crippen LogP contribution in [0.2, 0.25) is 0 Å². The van der Waals surface area contributed by atoms with Gasteiger partial charge < -0.3 is 4.74 Å². The molecule has 4 nitrogen and oxygen atoms in total. The van der Waals surface area contributed by atoms with Crippen LogP contribution in [-0.2, 0) is 6.61 Å². The van der Waals surface area contributed by atoms with Crippen LogP contribution in [0.15, 0.2) is 54.6 Å². The summed E-state index contributed by atoms with van der Waals surface area (Å²) >= 11 is 0. The lowest BCUT2D eigenvalue weighted by molar-refractivity contribution is 0.297. The number of para-hydroxylation sites is 1. The third-order valence-electron chi connectivity index (χ3n) is 3.63. The Balaban J connectivity index is 1.96. The summed E-state index contributed by atoms with van der Waals surface area (Å²) in [5, 5.41) is 13.9. The monoisotopic (exact) mass is 303 g/mol. The van der Waals surface area contributed by atoms with Gasteiger partial charge in [0, 0.05) is 0 Å². The smallest absolute Gasteiger partial charge is 0.132 e. The molecule has 3 aromatic rings. The molecule has 2 aromatic carbocycles. The lowest BCUT2D eigenvalue weighted by Gasteiger charge is -2.10. The number of benzene rings is 2. The zero-order valence-corrected chi connectivity index (χ0v) is 13.2. The quantitative estimate of drug-likeness (QED) is 0.733. The zero-order chi connectivity index (χ0) is 16.2. The number of nitriles is 1. The first-order valence-corrected chi connectivity index (χ1v) is 7.42. The van der Waals surface area contributed by atoms with Crippen LogP contribution in [0.4, 0.5) is 0 Å². The lowest BCUT2D eigenvalue weighted by atomic mass is 10.2. The maximum atomic E-state index is 9.44. The molecule has 1 heterocycles. The third-order valence-corrected chi connectivity index (χ3v) is 3.63. The highest BCUT2D eigenvalue weighted by Crippen LogP contribution is 2.21. The van der Waals surface area contributed by atoms with Gasteiger partial charge in [0.2, 0.25) is 0 Å². The number of hydrogen-bond donors (Lipinski definition) is 0. The van der Waals surface area contributed by atoms with Crippen molar-refractivity contribution in [2.45, 2.75) is 20.5 Å². The normalized spacial score (nSPS) is 10.3. The number of aromatic nitrogens is 2. The van der Waals surface area contributed by atoms with E-state index in [1.165, 1.54) is 0 Å². The van der Waals surface area contributed by atoms with E-state index in [0.717, 1.165) is 22.7 Å². The largest absolute Gasteiger partial charge is 0.487 e. The van der Waals surface area contributed by atoms with Crippen LogP contribution in [0, 0.1) is 25.2 Å². The number of nitrogens with zero attached hydrogens (tertiary/aromatic N) is 3. The first-order chi connectivity index (χ1) is 11.2. The highest BCUT2D eigenvalue weighted by Gasteiger charge is 2.16. The molecule has 0 fully saturated rings. The molecule has 0 aliphatic carbocycles. The minimum atomic E-state index is 0.294. The summed E-state index contributed by atoms with van der Waals surface area (Å²) in [4.78, 5) is 0. The maximum Gasteiger partial charge on any atom is 0.132 e. The lowest BCUT2D eigenvalue weighted by Crippen LogP contribution is -2.07. The average molecular weight is 303 g/mol. The van der Waals surface area contributed by atoms with Gasteiger partial charge in [-0.15, -0.1) is 0 Å². The van der Waals surface area contributed by atoms with Gasteiger partial charge in [-0.05, 0) is 43.7 Å². The second kappa shape index (κ2) is 6.37.